The number of hydrogen-bond acceptors (Lipinski definition) is 4. The normalized spacial score (nSPS) is 21.2. The van der Waals surface area contributed by atoms with E-state index in [4.69, 9.17) is 5.73 Å². The summed E-state index contributed by atoms with van der Waals surface area (Å²) < 4.78 is 0. The van der Waals surface area contributed by atoms with E-state index >= 15 is 0 Å². The summed E-state index contributed by atoms with van der Waals surface area (Å²) >= 11 is 0. The molecule has 6 nitrogen and oxygen atoms in total. The van der Waals surface area contributed by atoms with Gasteiger partial charge in [-0.1, -0.05) is 0 Å². The van der Waals surface area contributed by atoms with E-state index in [1.807, 2.05) is 0 Å². The molecule has 1 aromatic rings. The van der Waals surface area contributed by atoms with E-state index in [9.17, 15) is 4.79 Å². The topological polar surface area (TPSA) is 87.0 Å². The first-order valence-corrected chi connectivity index (χ1v) is 5.45. The quantitative estimate of drug-likeness (QED) is 0.663. The fraction of sp³-hybridized carbons (Fsp3) is 0.600. The molecule has 16 heavy (non-hydrogen) atoms. The molecule has 0 aliphatic carbocycles. The highest BCUT2D eigenvalue weighted by atomic mass is 16.1. The smallest absolute Gasteiger partial charge is 0.256 e. The van der Waals surface area contributed by atoms with Crippen LogP contribution in [0, 0.1) is 0 Å². The molecule has 0 radical (unpaired) electrons. The van der Waals surface area contributed by atoms with Gasteiger partial charge in [0.05, 0.1) is 6.20 Å². The monoisotopic (exact) mass is 223 g/mol. The molecule has 1 unspecified atom stereocenters. The van der Waals surface area contributed by atoms with Crippen molar-refractivity contribution in [1.82, 2.24) is 20.4 Å². The van der Waals surface area contributed by atoms with Crippen molar-refractivity contribution in [2.24, 2.45) is 0 Å². The van der Waals surface area contributed by atoms with E-state index in [0.717, 1.165) is 13.0 Å². The van der Waals surface area contributed by atoms with E-state index in [2.05, 4.69) is 27.5 Å². The summed E-state index contributed by atoms with van der Waals surface area (Å²) in [5, 5.41) is 9.14. The van der Waals surface area contributed by atoms with Crippen LogP contribution in [0.4, 0.5) is 5.82 Å². The second kappa shape index (κ2) is 4.52. The van der Waals surface area contributed by atoms with Crippen LogP contribution in [0.2, 0.25) is 0 Å². The third-order valence-corrected chi connectivity index (χ3v) is 3.08. The number of nitrogen functional groups attached to an aromatic ring is 1. The summed E-state index contributed by atoms with van der Waals surface area (Å²) in [6.07, 6.45) is 3.78. The van der Waals surface area contributed by atoms with Crippen LogP contribution in [0.5, 0.6) is 0 Å². The number of likely N-dealkylation sites (N-methyl/N-ethyl adjacent to an activating group) is 1. The van der Waals surface area contributed by atoms with E-state index in [1.165, 1.54) is 12.6 Å². The van der Waals surface area contributed by atoms with Crippen LogP contribution in [-0.2, 0) is 0 Å². The first-order chi connectivity index (χ1) is 7.68. The summed E-state index contributed by atoms with van der Waals surface area (Å²) in [6, 6.07) is 0.442. The molecule has 0 saturated carbocycles. The second-order valence-electron chi connectivity index (χ2n) is 4.18. The Hall–Kier alpha value is -1.56. The number of nitrogens with two attached hydrogens (primary N) is 1. The summed E-state index contributed by atoms with van der Waals surface area (Å²) in [5.41, 5.74) is 5.98. The average molecular weight is 223 g/mol. The number of anilines is 1. The number of H-pyrrole nitrogens is 1. The van der Waals surface area contributed by atoms with Crippen molar-refractivity contribution in [3.63, 3.8) is 0 Å². The number of nitrogens with one attached hydrogen (secondary N) is 2. The molecule has 1 atom stereocenters. The van der Waals surface area contributed by atoms with Crippen LogP contribution in [-0.4, -0.2) is 47.2 Å². The molecule has 1 aliphatic heterocycles. The Morgan fingerprint density at radius 2 is 2.62 bits per heavy atom. The highest BCUT2D eigenvalue weighted by molar-refractivity contribution is 5.98. The Labute approximate surface area is 94.2 Å². The minimum absolute atomic E-state index is 0.161. The minimum atomic E-state index is -0.161. The maximum atomic E-state index is 11.7. The van der Waals surface area contributed by atoms with Crippen LogP contribution in [0.3, 0.4) is 0 Å². The molecule has 2 heterocycles. The number of hydrogen-bond donors (Lipinski definition) is 3. The number of aromatic nitrogens is 2. The lowest BCUT2D eigenvalue weighted by Gasteiger charge is -2.19. The van der Waals surface area contributed by atoms with Gasteiger partial charge in [0.15, 0.2) is 0 Å². The van der Waals surface area contributed by atoms with Gasteiger partial charge >= 0.3 is 0 Å². The molecule has 1 aliphatic rings. The first kappa shape index (κ1) is 10.9. The SMILES string of the molecule is CN1CCCC1CNC(=O)c1cn[nH]c1N. The van der Waals surface area contributed by atoms with Crippen LogP contribution < -0.4 is 11.1 Å². The number of rotatable bonds is 3. The number of likely N-dealkylation sites (tertiary alicyclic amines) is 1. The standard InChI is InChI=1S/C10H17N5O/c1-15-4-2-3-7(15)5-12-10(16)8-6-13-14-9(8)11/h6-7H,2-5H2,1H3,(H,12,16)(H3,11,13,14). The van der Waals surface area contributed by atoms with Gasteiger partial charge in [-0.25, -0.2) is 0 Å². The van der Waals surface area contributed by atoms with Gasteiger partial charge in [-0.2, -0.15) is 5.10 Å². The van der Waals surface area contributed by atoms with Crippen molar-refractivity contribution in [1.29, 1.82) is 0 Å². The zero-order chi connectivity index (χ0) is 11.5. The summed E-state index contributed by atoms with van der Waals surface area (Å²) in [7, 11) is 2.08. The maximum Gasteiger partial charge on any atom is 0.256 e. The van der Waals surface area contributed by atoms with E-state index in [1.54, 1.807) is 0 Å². The number of amides is 1. The molecular weight excluding hydrogens is 206 g/mol. The largest absolute Gasteiger partial charge is 0.383 e. The van der Waals surface area contributed by atoms with Gasteiger partial charge in [-0.15, -0.1) is 0 Å². The Bertz CT molecular complexity index is 375. The fourth-order valence-electron chi connectivity index (χ4n) is 2.02. The highest BCUT2D eigenvalue weighted by Crippen LogP contribution is 2.14. The summed E-state index contributed by atoms with van der Waals surface area (Å²) in [5.74, 6) is 0.156. The molecule has 1 fully saturated rings. The Balaban J connectivity index is 1.86. The number of carbonyl (C=O) groups is 1. The Morgan fingerprint density at radius 1 is 1.81 bits per heavy atom. The molecule has 88 valence electrons. The zero-order valence-electron chi connectivity index (χ0n) is 9.36. The van der Waals surface area contributed by atoms with Crippen molar-refractivity contribution in [3.8, 4) is 0 Å². The lowest BCUT2D eigenvalue weighted by molar-refractivity contribution is 0.0944. The van der Waals surface area contributed by atoms with Gasteiger partial charge in [-0.3, -0.25) is 9.89 Å². The molecule has 6 heteroatoms. The molecule has 0 aromatic carbocycles. The summed E-state index contributed by atoms with van der Waals surface area (Å²) in [6.45, 7) is 1.77. The van der Waals surface area contributed by atoms with Crippen molar-refractivity contribution in [2.45, 2.75) is 18.9 Å². The van der Waals surface area contributed by atoms with Crippen LogP contribution >= 0.6 is 0 Å². The number of carbonyl (C=O) groups excluding carboxylic acids is 1. The van der Waals surface area contributed by atoms with Crippen LogP contribution in [0.25, 0.3) is 0 Å². The molecule has 1 saturated heterocycles. The minimum Gasteiger partial charge on any atom is -0.383 e. The first-order valence-electron chi connectivity index (χ1n) is 5.45. The second-order valence-corrected chi connectivity index (χ2v) is 4.18. The maximum absolute atomic E-state index is 11.7. The van der Waals surface area contributed by atoms with E-state index < -0.39 is 0 Å². The van der Waals surface area contributed by atoms with Gasteiger partial charge in [0.1, 0.15) is 11.4 Å². The van der Waals surface area contributed by atoms with Crippen molar-refractivity contribution in [3.05, 3.63) is 11.8 Å². The van der Waals surface area contributed by atoms with Crippen LogP contribution in [0.15, 0.2) is 6.20 Å². The Morgan fingerprint density at radius 3 is 3.19 bits per heavy atom. The molecule has 4 N–H and O–H groups in total. The van der Waals surface area contributed by atoms with Gasteiger partial charge in [0.25, 0.3) is 5.91 Å². The van der Waals surface area contributed by atoms with Crippen LogP contribution in [0.1, 0.15) is 23.2 Å². The zero-order valence-corrected chi connectivity index (χ0v) is 9.36. The van der Waals surface area contributed by atoms with Gasteiger partial charge in [-0.05, 0) is 26.4 Å². The Kier molecular flexibility index (Phi) is 3.09. The fourth-order valence-corrected chi connectivity index (χ4v) is 2.02. The molecule has 1 aromatic heterocycles. The molecule has 2 rings (SSSR count). The molecule has 0 spiro atoms. The van der Waals surface area contributed by atoms with Gasteiger partial charge < -0.3 is 16.0 Å². The third kappa shape index (κ3) is 2.16. The molecule has 1 amide bonds. The average Bonchev–Trinajstić information content (AvgIpc) is 2.84. The number of nitrogens with zero attached hydrogens (tertiary/aromatic N) is 2. The molecule has 0 bridgehead atoms. The van der Waals surface area contributed by atoms with E-state index in [-0.39, 0.29) is 5.91 Å². The molecular formula is C10H17N5O. The predicted octanol–water partition coefficient (Wildman–Crippen LogP) is -0.184. The van der Waals surface area contributed by atoms with Gasteiger partial charge in [0, 0.05) is 12.6 Å². The van der Waals surface area contributed by atoms with Gasteiger partial charge in [0.2, 0.25) is 0 Å². The van der Waals surface area contributed by atoms with Crippen molar-refractivity contribution >= 4 is 11.7 Å². The van der Waals surface area contributed by atoms with Crippen molar-refractivity contribution in [2.75, 3.05) is 25.9 Å². The lowest BCUT2D eigenvalue weighted by Crippen LogP contribution is -2.38. The predicted molar refractivity (Wildman–Crippen MR) is 61.0 cm³/mol. The third-order valence-electron chi connectivity index (χ3n) is 3.08. The highest BCUT2D eigenvalue weighted by Gasteiger charge is 2.21. The number of aromatic amines is 1. The van der Waals surface area contributed by atoms with E-state index in [0.29, 0.717) is 24.0 Å². The van der Waals surface area contributed by atoms with Crippen molar-refractivity contribution < 1.29 is 4.79 Å². The summed E-state index contributed by atoms with van der Waals surface area (Å²) in [4.78, 5) is 14.0. The lowest BCUT2D eigenvalue weighted by atomic mass is 10.2.